The van der Waals surface area contributed by atoms with E-state index >= 15 is 0 Å². The molecular weight excluding hydrogens is 320 g/mol. The molecule has 122 valence electrons. The van der Waals surface area contributed by atoms with Gasteiger partial charge in [-0.25, -0.2) is 9.59 Å². The Bertz CT molecular complexity index is 664. The lowest BCUT2D eigenvalue weighted by atomic mass is 9.94. The molecule has 0 saturated carbocycles. The van der Waals surface area contributed by atoms with Crippen molar-refractivity contribution in [3.63, 3.8) is 0 Å². The molecule has 0 saturated heterocycles. The number of rotatable bonds is 7. The van der Waals surface area contributed by atoms with Crippen LogP contribution in [0.15, 0.2) is 11.0 Å². The van der Waals surface area contributed by atoms with Crippen molar-refractivity contribution in [3.05, 3.63) is 28.3 Å². The van der Waals surface area contributed by atoms with Gasteiger partial charge >= 0.3 is 11.9 Å². The van der Waals surface area contributed by atoms with Crippen LogP contribution >= 0.6 is 0 Å². The Balaban J connectivity index is 4.00. The van der Waals surface area contributed by atoms with Crippen molar-refractivity contribution in [2.45, 2.75) is 17.7 Å². The molecule has 9 nitrogen and oxygen atoms in total. The maximum absolute atomic E-state index is 11.6. The molecule has 0 fully saturated rings. The molecule has 0 atom stereocenters. The molecule has 1 rings (SSSR count). The Kier molecular flexibility index (Phi) is 5.60. The fraction of sp³-hybridized carbons (Fsp3) is 0.333. The molecular formula is C12H14O9S. The molecule has 0 heterocycles. The largest absolute Gasteiger partial charge is 0.478 e. The van der Waals surface area contributed by atoms with Gasteiger partial charge in [-0.2, -0.15) is 8.42 Å². The molecule has 1 aromatic rings. The molecule has 0 aliphatic carbocycles. The first-order valence-electron chi connectivity index (χ1n) is 5.99. The van der Waals surface area contributed by atoms with E-state index in [0.29, 0.717) is 0 Å². The summed E-state index contributed by atoms with van der Waals surface area (Å²) in [5.74, 6) is -3.21. The Hall–Kier alpha value is -2.01. The smallest absolute Gasteiger partial charge is 0.336 e. The van der Waals surface area contributed by atoms with Gasteiger partial charge < -0.3 is 20.4 Å². The van der Waals surface area contributed by atoms with Gasteiger partial charge in [0, 0.05) is 13.2 Å². The second kappa shape index (κ2) is 6.83. The van der Waals surface area contributed by atoms with Crippen molar-refractivity contribution in [2.24, 2.45) is 0 Å². The average Bonchev–Trinajstić information content (AvgIpc) is 2.37. The Morgan fingerprint density at radius 1 is 0.909 bits per heavy atom. The molecule has 0 spiro atoms. The molecule has 0 aliphatic rings. The van der Waals surface area contributed by atoms with Gasteiger partial charge in [0.05, 0.1) is 11.1 Å². The summed E-state index contributed by atoms with van der Waals surface area (Å²) in [5.41, 5.74) is -2.13. The minimum absolute atomic E-state index is 0.411. The predicted molar refractivity (Wildman–Crippen MR) is 71.8 cm³/mol. The van der Waals surface area contributed by atoms with E-state index in [1.807, 2.05) is 0 Å². The topological polar surface area (TPSA) is 169 Å². The highest BCUT2D eigenvalue weighted by Crippen LogP contribution is 2.29. The van der Waals surface area contributed by atoms with E-state index in [9.17, 15) is 22.6 Å². The molecule has 0 unspecified atom stereocenters. The lowest BCUT2D eigenvalue weighted by Crippen LogP contribution is -2.19. The standard InChI is InChI=1S/C12H14O9S/c13-3-1-6-8(11(15)16)5-9(12(17)18)7(2-4-14)10(6)22(19,20)21/h5,13-14H,1-4H2,(H,15,16)(H,17,18)(H,19,20,21). The lowest BCUT2D eigenvalue weighted by Gasteiger charge is -2.17. The zero-order valence-corrected chi connectivity index (χ0v) is 12.0. The van der Waals surface area contributed by atoms with Crippen LogP contribution in [0.3, 0.4) is 0 Å². The average molecular weight is 334 g/mol. The van der Waals surface area contributed by atoms with Crippen molar-refractivity contribution < 1.29 is 43.0 Å². The van der Waals surface area contributed by atoms with Gasteiger partial charge in [0.1, 0.15) is 4.90 Å². The number of aliphatic hydroxyl groups excluding tert-OH is 2. The Morgan fingerprint density at radius 2 is 1.27 bits per heavy atom. The van der Waals surface area contributed by atoms with Crippen LogP contribution in [-0.2, 0) is 23.0 Å². The third-order valence-electron chi connectivity index (χ3n) is 2.93. The highest BCUT2D eigenvalue weighted by atomic mass is 32.2. The van der Waals surface area contributed by atoms with Crippen LogP contribution in [0, 0.1) is 0 Å². The summed E-state index contributed by atoms with van der Waals surface area (Å²) in [6, 6.07) is 0.745. The van der Waals surface area contributed by atoms with Crippen LogP contribution in [0.2, 0.25) is 0 Å². The second-order valence-corrected chi connectivity index (χ2v) is 5.65. The lowest BCUT2D eigenvalue weighted by molar-refractivity contribution is 0.0694. The van der Waals surface area contributed by atoms with Crippen LogP contribution in [-0.4, -0.2) is 58.5 Å². The number of carbonyl (C=O) groups is 2. The third kappa shape index (κ3) is 3.60. The van der Waals surface area contributed by atoms with Gasteiger partial charge in [-0.05, 0) is 30.0 Å². The van der Waals surface area contributed by atoms with Gasteiger partial charge in [-0.15, -0.1) is 0 Å². The van der Waals surface area contributed by atoms with E-state index in [4.69, 9.17) is 20.4 Å². The molecule has 0 bridgehead atoms. The molecule has 0 aliphatic heterocycles. The molecule has 5 N–H and O–H groups in total. The van der Waals surface area contributed by atoms with E-state index in [0.717, 1.165) is 6.07 Å². The molecule has 0 amide bonds. The fourth-order valence-corrected chi connectivity index (χ4v) is 3.21. The summed E-state index contributed by atoms with van der Waals surface area (Å²) >= 11 is 0. The van der Waals surface area contributed by atoms with Crippen molar-refractivity contribution in [2.75, 3.05) is 13.2 Å². The third-order valence-corrected chi connectivity index (χ3v) is 3.94. The van der Waals surface area contributed by atoms with Crippen molar-refractivity contribution in [1.29, 1.82) is 0 Å². The van der Waals surface area contributed by atoms with Crippen LogP contribution in [0.25, 0.3) is 0 Å². The van der Waals surface area contributed by atoms with E-state index in [-0.39, 0.29) is 0 Å². The number of hydrogen-bond acceptors (Lipinski definition) is 6. The van der Waals surface area contributed by atoms with Crippen molar-refractivity contribution in [1.82, 2.24) is 0 Å². The molecule has 22 heavy (non-hydrogen) atoms. The van der Waals surface area contributed by atoms with E-state index in [2.05, 4.69) is 0 Å². The number of hydrogen-bond donors (Lipinski definition) is 5. The van der Waals surface area contributed by atoms with E-state index in [1.165, 1.54) is 0 Å². The Morgan fingerprint density at radius 3 is 1.50 bits per heavy atom. The fourth-order valence-electron chi connectivity index (χ4n) is 2.16. The van der Waals surface area contributed by atoms with E-state index in [1.54, 1.807) is 0 Å². The number of carboxylic acids is 2. The van der Waals surface area contributed by atoms with Crippen molar-refractivity contribution in [3.8, 4) is 0 Å². The maximum Gasteiger partial charge on any atom is 0.336 e. The van der Waals surface area contributed by atoms with Crippen LogP contribution in [0.4, 0.5) is 0 Å². The molecule has 1 aromatic carbocycles. The Labute approximate surface area is 125 Å². The summed E-state index contributed by atoms with van der Waals surface area (Å²) in [6.45, 7) is -1.23. The monoisotopic (exact) mass is 334 g/mol. The summed E-state index contributed by atoms with van der Waals surface area (Å²) in [4.78, 5) is 21.5. The number of aromatic carboxylic acids is 2. The first-order chi connectivity index (χ1) is 10.1. The van der Waals surface area contributed by atoms with Gasteiger partial charge in [-0.3, -0.25) is 4.55 Å². The van der Waals surface area contributed by atoms with Gasteiger partial charge in [0.25, 0.3) is 10.1 Å². The van der Waals surface area contributed by atoms with Gasteiger partial charge in [-0.1, -0.05) is 0 Å². The van der Waals surface area contributed by atoms with Crippen LogP contribution < -0.4 is 0 Å². The minimum Gasteiger partial charge on any atom is -0.478 e. The van der Waals surface area contributed by atoms with Gasteiger partial charge in [0.2, 0.25) is 0 Å². The minimum atomic E-state index is -4.97. The van der Waals surface area contributed by atoms with E-state index < -0.39 is 75.3 Å². The highest BCUT2D eigenvalue weighted by molar-refractivity contribution is 7.86. The van der Waals surface area contributed by atoms with Gasteiger partial charge in [0.15, 0.2) is 0 Å². The SMILES string of the molecule is O=C(O)c1cc(C(=O)O)c(CCO)c(S(=O)(=O)O)c1CCO. The molecule has 0 radical (unpaired) electrons. The summed E-state index contributed by atoms with van der Waals surface area (Å²) in [7, 11) is -4.97. The zero-order chi connectivity index (χ0) is 17.1. The van der Waals surface area contributed by atoms with Crippen LogP contribution in [0.5, 0.6) is 0 Å². The first-order valence-corrected chi connectivity index (χ1v) is 7.43. The maximum atomic E-state index is 11.6. The normalized spacial score (nSPS) is 11.4. The predicted octanol–water partition coefficient (Wildman–Crippen LogP) is -0.601. The first kappa shape index (κ1) is 18.0. The highest BCUT2D eigenvalue weighted by Gasteiger charge is 2.29. The summed E-state index contributed by atoms with van der Waals surface area (Å²) in [6.07, 6.45) is -0.843. The number of aliphatic hydroxyl groups is 2. The number of carboxylic acid groups (broad SMARTS) is 2. The molecule has 10 heteroatoms. The van der Waals surface area contributed by atoms with Crippen molar-refractivity contribution >= 4 is 22.1 Å². The van der Waals surface area contributed by atoms with Crippen LogP contribution in [0.1, 0.15) is 31.8 Å². The zero-order valence-electron chi connectivity index (χ0n) is 11.2. The summed E-state index contributed by atoms with van der Waals surface area (Å²) < 4.78 is 32.5. The molecule has 0 aromatic heterocycles. The number of benzene rings is 1. The quantitative estimate of drug-likeness (QED) is 0.408. The second-order valence-electron chi connectivity index (χ2n) is 4.29. The summed E-state index contributed by atoms with van der Waals surface area (Å²) in [5, 5.41) is 36.2.